The second-order valence-corrected chi connectivity index (χ2v) is 18.2. The van der Waals surface area contributed by atoms with Gasteiger partial charge in [-0.15, -0.1) is 90.0 Å². The van der Waals surface area contributed by atoms with E-state index in [0.717, 1.165) is 80.3 Å². The third-order valence-electron chi connectivity index (χ3n) is 13.7. The Hall–Kier alpha value is -6.51. The quantitative estimate of drug-likeness (QED) is 0.101. The van der Waals surface area contributed by atoms with Gasteiger partial charge >= 0.3 is 20.1 Å². The fourth-order valence-corrected chi connectivity index (χ4v) is 10.0. The van der Waals surface area contributed by atoms with Crippen molar-refractivity contribution in [2.75, 3.05) is 0 Å². The third kappa shape index (κ3) is 9.93. The van der Waals surface area contributed by atoms with Crippen molar-refractivity contribution in [2.24, 2.45) is 0 Å². The Morgan fingerprint density at radius 1 is 0.571 bits per heavy atom. The largest absolute Gasteiger partial charge is 3.00 e. The van der Waals surface area contributed by atoms with Gasteiger partial charge in [0.1, 0.15) is 5.58 Å². The van der Waals surface area contributed by atoms with Crippen molar-refractivity contribution in [3.8, 4) is 39.8 Å². The molecule has 6 heteroatoms. The molecule has 70 heavy (non-hydrogen) atoms. The maximum absolute atomic E-state index is 9.93. The van der Waals surface area contributed by atoms with Crippen LogP contribution in [0.3, 0.4) is 0 Å². The first kappa shape index (κ1) is 34.7. The molecule has 0 N–H and O–H groups in total. The zero-order chi connectivity index (χ0) is 57.4. The molecule has 0 unspecified atom stereocenters. The van der Waals surface area contributed by atoms with E-state index in [4.69, 9.17) is 4.42 Å². The van der Waals surface area contributed by atoms with E-state index < -0.39 is 54.9 Å². The molecule has 0 amide bonds. The minimum absolute atomic E-state index is 0. The van der Waals surface area contributed by atoms with Gasteiger partial charge in [-0.2, -0.15) is 5.26 Å². The van der Waals surface area contributed by atoms with E-state index in [9.17, 15) is 21.7 Å². The first-order valence-corrected chi connectivity index (χ1v) is 23.8. The second kappa shape index (κ2) is 21.2. The van der Waals surface area contributed by atoms with Crippen molar-refractivity contribution in [1.29, 1.82) is 5.26 Å². The van der Waals surface area contributed by atoms with E-state index in [2.05, 4.69) is 39.2 Å². The molecule has 4 heterocycles. The van der Waals surface area contributed by atoms with Crippen LogP contribution in [0.25, 0.3) is 55.7 Å². The molecule has 5 aromatic carbocycles. The molecular formula is C64H57IrN4O. The number of nitrogens with zero attached hydrogens (tertiary/aromatic N) is 4. The Kier molecular flexibility index (Phi) is 10.5. The molecular weight excluding hydrogens is 1030 g/mol. The molecule has 0 spiro atoms. The van der Waals surface area contributed by atoms with Crippen LogP contribution in [0, 0.1) is 43.4 Å². The molecule has 4 aromatic heterocycles. The van der Waals surface area contributed by atoms with Gasteiger partial charge < -0.3 is 19.4 Å². The number of aromatic nitrogens is 3. The molecule has 2 aliphatic rings. The Bertz CT molecular complexity index is 3780. The molecule has 11 rings (SSSR count). The van der Waals surface area contributed by atoms with Crippen LogP contribution in [0.5, 0.6) is 0 Å². The Balaban J connectivity index is 0.00000753. The number of hydrogen-bond acceptors (Lipinski definition) is 5. The fourth-order valence-electron chi connectivity index (χ4n) is 10.0. The van der Waals surface area contributed by atoms with Gasteiger partial charge in [0.05, 0.1) is 17.2 Å². The molecule has 2 aliphatic carbocycles. The van der Waals surface area contributed by atoms with Crippen molar-refractivity contribution in [2.45, 2.75) is 115 Å². The number of rotatable bonds is 14. The number of furan rings is 1. The van der Waals surface area contributed by atoms with Gasteiger partial charge in [-0.1, -0.05) is 84.7 Å². The summed E-state index contributed by atoms with van der Waals surface area (Å²) in [5.41, 5.74) is 4.80. The summed E-state index contributed by atoms with van der Waals surface area (Å²) in [5.74, 6) is -0.270. The van der Waals surface area contributed by atoms with Crippen LogP contribution >= 0.6 is 0 Å². The van der Waals surface area contributed by atoms with Gasteiger partial charge in [-0.25, -0.2) is 0 Å². The predicted molar refractivity (Wildman–Crippen MR) is 278 cm³/mol. The maximum atomic E-state index is 9.93. The maximum Gasteiger partial charge on any atom is 3.00 e. The molecule has 348 valence electrons. The Morgan fingerprint density at radius 3 is 1.60 bits per heavy atom. The summed E-state index contributed by atoms with van der Waals surface area (Å²) in [4.78, 5) is 13.9. The van der Waals surface area contributed by atoms with Gasteiger partial charge in [-0.3, -0.25) is 0 Å². The average molecular weight is 1100 g/mol. The first-order chi connectivity index (χ1) is 38.5. The summed E-state index contributed by atoms with van der Waals surface area (Å²) in [7, 11) is 0. The smallest absolute Gasteiger partial charge is 0.500 e. The average Bonchev–Trinajstić information content (AvgIpc) is 4.12. The number of hydrogen-bond donors (Lipinski definition) is 0. The summed E-state index contributed by atoms with van der Waals surface area (Å²) in [6.45, 7) is 3.41. The van der Waals surface area contributed by atoms with Gasteiger partial charge in [0.2, 0.25) is 0 Å². The normalized spacial score (nSPS) is 17.8. The number of pyridine rings is 3. The number of aryl methyl sites for hydroxylation is 8. The summed E-state index contributed by atoms with van der Waals surface area (Å²) in [6.07, 6.45) is -7.84. The molecule has 0 radical (unpaired) electrons. The summed E-state index contributed by atoms with van der Waals surface area (Å²) in [6, 6.07) is 41.7. The minimum Gasteiger partial charge on any atom is -0.500 e. The van der Waals surface area contributed by atoms with E-state index in [1.54, 1.807) is 56.3 Å². The van der Waals surface area contributed by atoms with Crippen molar-refractivity contribution >= 4 is 21.9 Å². The minimum atomic E-state index is -3.15. The van der Waals surface area contributed by atoms with E-state index in [0.29, 0.717) is 67.2 Å². The molecule has 5 nitrogen and oxygen atoms in total. The molecule has 0 atom stereocenters. The van der Waals surface area contributed by atoms with E-state index >= 15 is 0 Å². The molecule has 2 fully saturated rings. The number of fused-ring (bicyclic) bond motifs is 3. The van der Waals surface area contributed by atoms with Gasteiger partial charge in [-0.05, 0) is 157 Å². The van der Waals surface area contributed by atoms with Crippen LogP contribution < -0.4 is 0 Å². The standard InChI is InChI=1S/C64H57N4O.Ir/c1-42-32-62(57-23-13-22-55-56-31-30-51(38-65)43(2)63(56)69-64(55)57)68-39-52(42)27-24-44-33-45(25-28-53-40-66-60(49-18-5-3-6-19-49)36-58(53)47-14-9-10-15-47)35-46(34-44)26-29-54-41-67-61(50-20-7-4-8-21-50)37-59(54)48-16-11-12-17-48;/h3-8,13,18,20,22,30-37,39-41,47-48H,9-12,14-17,24-29H2,1-2H3;/q-3;+3/i24D2,25D2,26D2,27D2,28D2,29D2;. The van der Waals surface area contributed by atoms with Gasteiger partial charge in [0.15, 0.2) is 0 Å². The van der Waals surface area contributed by atoms with Gasteiger partial charge in [0, 0.05) is 46.0 Å². The summed E-state index contributed by atoms with van der Waals surface area (Å²) >= 11 is 0. The van der Waals surface area contributed by atoms with Gasteiger partial charge in [0.25, 0.3) is 0 Å². The van der Waals surface area contributed by atoms with Crippen molar-refractivity contribution < 1.29 is 41.0 Å². The number of benzene rings is 5. The Labute approximate surface area is 443 Å². The van der Waals surface area contributed by atoms with Crippen LogP contribution in [0.1, 0.15) is 141 Å². The number of nitriles is 1. The SMILES string of the molecule is [2H]C([2H])(c1cc(C([2H])([2H])C([2H])([2H])c2cnc(-c3[c-]cccc3)cc2C2CCCC2)cc(C([2H])([2H])C([2H])([2H])c2cnc(-c3[c-]cccc3)cc2C2CCCC2)c1)C([2H])([2H])c1cnc(-c2[c-]ccc3c2oc2c(C)c(C#N)ccc23)cc1C.[Ir+3]. The van der Waals surface area contributed by atoms with Crippen molar-refractivity contribution in [1.82, 2.24) is 15.0 Å². The van der Waals surface area contributed by atoms with E-state index in [1.165, 1.54) is 18.6 Å². The zero-order valence-corrected chi connectivity index (χ0v) is 41.4. The summed E-state index contributed by atoms with van der Waals surface area (Å²) in [5, 5.41) is 11.2. The van der Waals surface area contributed by atoms with Crippen LogP contribution in [-0.4, -0.2) is 15.0 Å². The summed E-state index contributed by atoms with van der Waals surface area (Å²) < 4.78 is 125. The van der Waals surface area contributed by atoms with Crippen LogP contribution in [-0.2, 0) is 58.3 Å². The van der Waals surface area contributed by atoms with Crippen LogP contribution in [0.15, 0.2) is 132 Å². The molecule has 2 saturated carbocycles. The van der Waals surface area contributed by atoms with Crippen LogP contribution in [0.4, 0.5) is 0 Å². The predicted octanol–water partition coefficient (Wildman–Crippen LogP) is 15.3. The zero-order valence-electron chi connectivity index (χ0n) is 51.0. The topological polar surface area (TPSA) is 75.6 Å². The fraction of sp³-hybridized carbons (Fsp3) is 0.281. The molecule has 0 saturated heterocycles. The monoisotopic (exact) mass is 1100 g/mol. The second-order valence-electron chi connectivity index (χ2n) is 18.2. The molecule has 9 aromatic rings. The van der Waals surface area contributed by atoms with Crippen LogP contribution in [0.2, 0.25) is 0 Å². The first-order valence-electron chi connectivity index (χ1n) is 29.8. The van der Waals surface area contributed by atoms with E-state index in [-0.39, 0.29) is 54.2 Å². The van der Waals surface area contributed by atoms with Crippen molar-refractivity contribution in [3.05, 3.63) is 207 Å². The van der Waals surface area contributed by atoms with E-state index in [1.807, 2.05) is 48.5 Å². The third-order valence-corrected chi connectivity index (χ3v) is 13.7. The van der Waals surface area contributed by atoms with Crippen molar-refractivity contribution in [3.63, 3.8) is 0 Å². The Morgan fingerprint density at radius 2 is 1.09 bits per heavy atom. The molecule has 0 bridgehead atoms. The molecule has 0 aliphatic heterocycles.